The number of phosphoric acid groups is 3. The summed E-state index contributed by atoms with van der Waals surface area (Å²) in [4.78, 5) is 51.8. The highest BCUT2D eigenvalue weighted by atomic mass is 31.3. The fourth-order valence-electron chi connectivity index (χ4n) is 3.09. The van der Waals surface area contributed by atoms with Gasteiger partial charge in [0.1, 0.15) is 36.7 Å². The summed E-state index contributed by atoms with van der Waals surface area (Å²) in [5.74, 6) is -2.13. The third kappa shape index (κ3) is 7.76. The molecule has 1 fully saturated rings. The smallest absolute Gasteiger partial charge is 0.387 e. The van der Waals surface area contributed by atoms with E-state index in [0.717, 1.165) is 18.3 Å². The van der Waals surface area contributed by atoms with Crippen LogP contribution in [0.2, 0.25) is 0 Å². The van der Waals surface area contributed by atoms with Gasteiger partial charge in [-0.1, -0.05) is 0 Å². The van der Waals surface area contributed by atoms with Gasteiger partial charge in [0.05, 0.1) is 12.9 Å². The monoisotopic (exact) mass is 620 g/mol. The van der Waals surface area contributed by atoms with Crippen LogP contribution in [0.15, 0.2) is 12.7 Å². The molecule has 0 aliphatic carbocycles. The van der Waals surface area contributed by atoms with E-state index in [1.165, 1.54) is 10.9 Å². The van der Waals surface area contributed by atoms with E-state index in [4.69, 9.17) is 35.9 Å². The molecule has 3 heterocycles. The Kier molecular flexibility index (Phi) is 9.12. The molecule has 0 aromatic carbocycles. The van der Waals surface area contributed by atoms with Gasteiger partial charge < -0.3 is 50.5 Å². The number of phosphoric ester groups is 1. The number of aromatic nitrogens is 4. The molecule has 22 nitrogen and oxygen atoms in total. The molecule has 2 aromatic rings. The minimum Gasteiger partial charge on any atom is -0.387 e. The maximum Gasteiger partial charge on any atom is 0.541 e. The number of ether oxygens (including phenoxy) is 1. The summed E-state index contributed by atoms with van der Waals surface area (Å²) in [7, 11) is -16.1. The van der Waals surface area contributed by atoms with Gasteiger partial charge in [0.15, 0.2) is 23.7 Å². The van der Waals surface area contributed by atoms with Gasteiger partial charge in [0.2, 0.25) is 0 Å². The van der Waals surface area contributed by atoms with Crippen molar-refractivity contribution in [1.29, 1.82) is 5.41 Å². The standard InChI is InChI=1S/C14H23N8O14P3/c1-21(14(16)17)2-7(23)34-39(31,36-38(29,30)35-37(26,27)28)32-3-6-9(24)10(25)13(33-6)22-5-20-8-11(15)18-4-19-12(8)22/h4-6,9-10,13,24-25H,2-3H2,1H3,(H3,16,17)(H,29,30)(H2,15,18,19)(H2,26,27,28)/t6-,9-,10-,13-,39?/m1/s1. The summed E-state index contributed by atoms with van der Waals surface area (Å²) in [6, 6.07) is 0. The Morgan fingerprint density at radius 2 is 1.85 bits per heavy atom. The minimum atomic E-state index is -5.92. The number of guanidine groups is 1. The zero-order chi connectivity index (χ0) is 29.3. The summed E-state index contributed by atoms with van der Waals surface area (Å²) in [5.41, 5.74) is 11.1. The number of aliphatic hydroxyl groups excluding tert-OH is 2. The predicted molar refractivity (Wildman–Crippen MR) is 124 cm³/mol. The van der Waals surface area contributed by atoms with Gasteiger partial charge in [-0.15, -0.1) is 0 Å². The fraction of sp³-hybridized carbons (Fsp3) is 0.500. The molecule has 25 heteroatoms. The SMILES string of the molecule is CN(CC(=O)OP(=O)(OC[C@H]1O[C@@H](n2cnc3c(N)ncnc32)[C@H](O)[C@@H]1O)OP(=O)(O)OP(=O)(O)O)C(=N)N. The second kappa shape index (κ2) is 11.5. The normalized spacial score (nSPS) is 24.7. The van der Waals surface area contributed by atoms with Crippen LogP contribution < -0.4 is 11.5 Å². The van der Waals surface area contributed by atoms with Crippen molar-refractivity contribution in [2.75, 3.05) is 25.9 Å². The first-order chi connectivity index (χ1) is 17.9. The van der Waals surface area contributed by atoms with E-state index in [0.29, 0.717) is 0 Å². The Hall–Kier alpha value is -2.58. The van der Waals surface area contributed by atoms with Crippen LogP contribution in [0.4, 0.5) is 5.82 Å². The lowest BCUT2D eigenvalue weighted by molar-refractivity contribution is -0.136. The number of anilines is 1. The number of carbonyl (C=O) groups is 1. The Balaban J connectivity index is 1.80. The molecule has 6 atom stereocenters. The number of nitrogens with one attached hydrogen (secondary N) is 1. The van der Waals surface area contributed by atoms with E-state index in [-0.39, 0.29) is 17.0 Å². The first-order valence-electron chi connectivity index (χ1n) is 10.2. The highest BCUT2D eigenvalue weighted by molar-refractivity contribution is 7.67. The third-order valence-corrected chi connectivity index (χ3v) is 8.99. The van der Waals surface area contributed by atoms with Gasteiger partial charge in [-0.2, -0.15) is 8.62 Å². The molecule has 1 saturated heterocycles. The number of rotatable bonds is 11. The van der Waals surface area contributed by atoms with Crippen molar-refractivity contribution in [3.63, 3.8) is 0 Å². The zero-order valence-corrected chi connectivity index (χ0v) is 22.2. The molecular formula is C14H23N8O14P3. The number of aliphatic hydroxyl groups is 2. The van der Waals surface area contributed by atoms with Crippen LogP contribution in [0.5, 0.6) is 0 Å². The van der Waals surface area contributed by atoms with E-state index in [2.05, 4.69) is 28.1 Å². The lowest BCUT2D eigenvalue weighted by Crippen LogP contribution is -2.37. The third-order valence-electron chi connectivity index (χ3n) is 4.80. The van der Waals surface area contributed by atoms with Crippen molar-refractivity contribution in [2.45, 2.75) is 24.5 Å². The molecule has 0 spiro atoms. The summed E-state index contributed by atoms with van der Waals surface area (Å²) in [5, 5.41) is 28.2. The summed E-state index contributed by atoms with van der Waals surface area (Å²) < 4.78 is 59.7. The predicted octanol–water partition coefficient (Wildman–Crippen LogP) is -2.25. The lowest BCUT2D eigenvalue weighted by Gasteiger charge is -2.23. The number of nitrogens with zero attached hydrogens (tertiary/aromatic N) is 5. The summed E-state index contributed by atoms with van der Waals surface area (Å²) in [6.07, 6.45) is -4.12. The fourth-order valence-corrected chi connectivity index (χ4v) is 6.58. The Labute approximate surface area is 217 Å². The lowest BCUT2D eigenvalue weighted by atomic mass is 10.1. The highest BCUT2D eigenvalue weighted by Gasteiger charge is 2.49. The Morgan fingerprint density at radius 3 is 2.46 bits per heavy atom. The van der Waals surface area contributed by atoms with Gasteiger partial charge in [-0.3, -0.25) is 14.5 Å². The number of likely N-dealkylation sites (N-methyl/N-ethyl adjacent to an activating group) is 1. The van der Waals surface area contributed by atoms with Crippen molar-refractivity contribution in [1.82, 2.24) is 24.4 Å². The molecule has 39 heavy (non-hydrogen) atoms. The van der Waals surface area contributed by atoms with Crippen LogP contribution in [0.1, 0.15) is 6.23 Å². The zero-order valence-electron chi connectivity index (χ0n) is 19.5. The first-order valence-corrected chi connectivity index (χ1v) is 14.7. The van der Waals surface area contributed by atoms with E-state index >= 15 is 0 Å². The summed E-state index contributed by atoms with van der Waals surface area (Å²) >= 11 is 0. The average molecular weight is 620 g/mol. The molecule has 1 aliphatic rings. The van der Waals surface area contributed by atoms with E-state index in [1.54, 1.807) is 0 Å². The topological polar surface area (TPSA) is 338 Å². The number of hydrogen-bond acceptors (Lipinski definition) is 16. The van der Waals surface area contributed by atoms with Crippen molar-refractivity contribution in [3.05, 3.63) is 12.7 Å². The molecule has 218 valence electrons. The number of carbonyl (C=O) groups excluding carboxylic acids is 1. The molecule has 10 N–H and O–H groups in total. The van der Waals surface area contributed by atoms with Gasteiger partial charge in [0, 0.05) is 7.05 Å². The van der Waals surface area contributed by atoms with Gasteiger partial charge >= 0.3 is 29.4 Å². The molecule has 2 unspecified atom stereocenters. The maximum absolute atomic E-state index is 13.0. The van der Waals surface area contributed by atoms with Crippen LogP contribution in [0.25, 0.3) is 11.2 Å². The molecule has 1 aliphatic heterocycles. The number of imidazole rings is 1. The van der Waals surface area contributed by atoms with Crippen molar-refractivity contribution >= 4 is 52.4 Å². The molecule has 0 bridgehead atoms. The van der Waals surface area contributed by atoms with E-state index in [1.807, 2.05) is 0 Å². The molecular weight excluding hydrogens is 597 g/mol. The van der Waals surface area contributed by atoms with E-state index < -0.39 is 73.1 Å². The van der Waals surface area contributed by atoms with Crippen molar-refractivity contribution in [3.8, 4) is 0 Å². The number of nitrogen functional groups attached to an aromatic ring is 1. The minimum absolute atomic E-state index is 0.00736. The summed E-state index contributed by atoms with van der Waals surface area (Å²) in [6.45, 7) is -1.91. The Morgan fingerprint density at radius 1 is 1.18 bits per heavy atom. The molecule has 2 aromatic heterocycles. The van der Waals surface area contributed by atoms with Crippen LogP contribution in [-0.4, -0.2) is 99.8 Å². The van der Waals surface area contributed by atoms with Gasteiger partial charge in [0.25, 0.3) is 0 Å². The number of nitrogens with two attached hydrogens (primary N) is 2. The molecule has 0 saturated carbocycles. The molecule has 3 rings (SSSR count). The largest absolute Gasteiger partial charge is 0.541 e. The number of fused-ring (bicyclic) bond motifs is 1. The molecule has 0 radical (unpaired) electrons. The second-order valence-corrected chi connectivity index (χ2v) is 12.3. The average Bonchev–Trinajstić information content (AvgIpc) is 3.32. The number of hydrogen-bond donors (Lipinski definition) is 8. The van der Waals surface area contributed by atoms with Crippen LogP contribution in [-0.2, 0) is 40.9 Å². The second-order valence-electron chi connectivity index (χ2n) is 7.70. The van der Waals surface area contributed by atoms with Crippen LogP contribution >= 0.6 is 23.5 Å². The quantitative estimate of drug-likeness (QED) is 0.0746. The maximum atomic E-state index is 13.0. The highest BCUT2D eigenvalue weighted by Crippen LogP contribution is 2.68. The molecule has 0 amide bonds. The van der Waals surface area contributed by atoms with E-state index in [9.17, 15) is 33.6 Å². The van der Waals surface area contributed by atoms with Gasteiger partial charge in [-0.05, 0) is 0 Å². The van der Waals surface area contributed by atoms with Crippen molar-refractivity contribution in [2.24, 2.45) is 5.73 Å². The van der Waals surface area contributed by atoms with Crippen LogP contribution in [0, 0.1) is 5.41 Å². The first kappa shape index (κ1) is 31.0. The van der Waals surface area contributed by atoms with Crippen molar-refractivity contribution < 1.29 is 65.8 Å². The van der Waals surface area contributed by atoms with Gasteiger partial charge in [-0.25, -0.2) is 33.4 Å². The Bertz CT molecular complexity index is 1380. The van der Waals surface area contributed by atoms with Crippen LogP contribution in [0.3, 0.4) is 0 Å².